The van der Waals surface area contributed by atoms with Gasteiger partial charge in [0.25, 0.3) is 5.91 Å². The molecule has 5 heteroatoms. The van der Waals surface area contributed by atoms with E-state index in [-0.39, 0.29) is 5.91 Å². The van der Waals surface area contributed by atoms with E-state index in [1.807, 2.05) is 6.07 Å². The Kier molecular flexibility index (Phi) is 5.78. The van der Waals surface area contributed by atoms with E-state index in [0.717, 1.165) is 18.7 Å². The Morgan fingerprint density at radius 3 is 2.77 bits per heavy atom. The van der Waals surface area contributed by atoms with Crippen molar-refractivity contribution in [2.45, 2.75) is 20.3 Å². The number of amides is 1. The van der Waals surface area contributed by atoms with Crippen molar-refractivity contribution in [3.05, 3.63) is 53.3 Å². The van der Waals surface area contributed by atoms with E-state index in [1.54, 1.807) is 36.5 Å². The van der Waals surface area contributed by atoms with Gasteiger partial charge in [0.1, 0.15) is 5.69 Å². The molecule has 0 unspecified atom stereocenters. The summed E-state index contributed by atoms with van der Waals surface area (Å²) in [6.45, 7) is 5.23. The van der Waals surface area contributed by atoms with Gasteiger partial charge in [0, 0.05) is 29.1 Å². The lowest BCUT2D eigenvalue weighted by molar-refractivity contribution is 0.102. The molecule has 1 aromatic carbocycles. The zero-order chi connectivity index (χ0) is 15.9. The first-order valence-corrected chi connectivity index (χ1v) is 7.69. The van der Waals surface area contributed by atoms with Crippen LogP contribution in [0.4, 0.5) is 11.4 Å². The van der Waals surface area contributed by atoms with E-state index < -0.39 is 0 Å². The van der Waals surface area contributed by atoms with Gasteiger partial charge in [0.05, 0.1) is 0 Å². The zero-order valence-corrected chi connectivity index (χ0v) is 13.5. The highest BCUT2D eigenvalue weighted by molar-refractivity contribution is 6.30. The Morgan fingerprint density at radius 2 is 2.05 bits per heavy atom. The van der Waals surface area contributed by atoms with Crippen molar-refractivity contribution in [3.63, 3.8) is 0 Å². The van der Waals surface area contributed by atoms with Crippen LogP contribution in [0.2, 0.25) is 5.02 Å². The lowest BCUT2D eigenvalue weighted by Crippen LogP contribution is -2.14. The van der Waals surface area contributed by atoms with Gasteiger partial charge >= 0.3 is 0 Å². The zero-order valence-electron chi connectivity index (χ0n) is 12.8. The molecule has 2 rings (SSSR count). The van der Waals surface area contributed by atoms with Gasteiger partial charge in [-0.3, -0.25) is 9.78 Å². The summed E-state index contributed by atoms with van der Waals surface area (Å²) in [5.74, 6) is 0.384. The fourth-order valence-corrected chi connectivity index (χ4v) is 2.12. The van der Waals surface area contributed by atoms with Crippen molar-refractivity contribution >= 4 is 28.9 Å². The molecule has 0 saturated carbocycles. The van der Waals surface area contributed by atoms with Crippen LogP contribution >= 0.6 is 11.6 Å². The van der Waals surface area contributed by atoms with Crippen LogP contribution in [-0.2, 0) is 0 Å². The molecule has 2 aromatic rings. The van der Waals surface area contributed by atoms with Crippen LogP contribution in [0.25, 0.3) is 0 Å². The van der Waals surface area contributed by atoms with Crippen LogP contribution in [0.5, 0.6) is 0 Å². The maximum Gasteiger partial charge on any atom is 0.274 e. The Morgan fingerprint density at radius 1 is 1.23 bits per heavy atom. The fourth-order valence-electron chi connectivity index (χ4n) is 1.93. The Hall–Kier alpha value is -2.07. The summed E-state index contributed by atoms with van der Waals surface area (Å²) in [4.78, 5) is 16.3. The highest BCUT2D eigenvalue weighted by Crippen LogP contribution is 2.16. The van der Waals surface area contributed by atoms with Crippen LogP contribution < -0.4 is 10.6 Å². The molecule has 1 aromatic heterocycles. The van der Waals surface area contributed by atoms with Crippen molar-refractivity contribution in [1.82, 2.24) is 4.98 Å². The van der Waals surface area contributed by atoms with E-state index >= 15 is 0 Å². The number of carbonyl (C=O) groups is 1. The summed E-state index contributed by atoms with van der Waals surface area (Å²) in [7, 11) is 0. The minimum Gasteiger partial charge on any atom is -0.385 e. The average molecular weight is 318 g/mol. The van der Waals surface area contributed by atoms with Crippen molar-refractivity contribution in [2.24, 2.45) is 5.92 Å². The topological polar surface area (TPSA) is 54.0 Å². The van der Waals surface area contributed by atoms with Gasteiger partial charge in [-0.05, 0) is 42.7 Å². The van der Waals surface area contributed by atoms with Gasteiger partial charge < -0.3 is 10.6 Å². The molecule has 2 N–H and O–H groups in total. The second kappa shape index (κ2) is 7.80. The molecular weight excluding hydrogens is 298 g/mol. The van der Waals surface area contributed by atoms with Gasteiger partial charge in [0.15, 0.2) is 0 Å². The maximum absolute atomic E-state index is 12.2. The third kappa shape index (κ3) is 5.04. The fraction of sp³-hybridized carbons (Fsp3) is 0.294. The number of aromatic nitrogens is 1. The van der Waals surface area contributed by atoms with Crippen molar-refractivity contribution in [2.75, 3.05) is 17.2 Å². The number of nitrogens with zero attached hydrogens (tertiary/aromatic N) is 1. The van der Waals surface area contributed by atoms with Gasteiger partial charge in [0.2, 0.25) is 0 Å². The van der Waals surface area contributed by atoms with Gasteiger partial charge in [-0.1, -0.05) is 31.5 Å². The molecule has 116 valence electrons. The number of nitrogens with one attached hydrogen (secondary N) is 2. The molecule has 0 radical (unpaired) electrons. The summed E-state index contributed by atoms with van der Waals surface area (Å²) in [6, 6.07) is 10.6. The first kappa shape index (κ1) is 16.3. The van der Waals surface area contributed by atoms with E-state index in [4.69, 9.17) is 11.6 Å². The summed E-state index contributed by atoms with van der Waals surface area (Å²) in [5.41, 5.74) is 1.92. The predicted molar refractivity (Wildman–Crippen MR) is 91.6 cm³/mol. The molecule has 0 spiro atoms. The molecule has 0 saturated heterocycles. The minimum absolute atomic E-state index is 0.255. The molecule has 4 nitrogen and oxygen atoms in total. The normalized spacial score (nSPS) is 10.5. The lowest BCUT2D eigenvalue weighted by Gasteiger charge is -2.10. The largest absolute Gasteiger partial charge is 0.385 e. The molecule has 1 amide bonds. The van der Waals surface area contributed by atoms with Crippen LogP contribution in [0.1, 0.15) is 30.8 Å². The Bertz CT molecular complexity index is 643. The number of rotatable bonds is 6. The monoisotopic (exact) mass is 317 g/mol. The third-order valence-corrected chi connectivity index (χ3v) is 3.36. The van der Waals surface area contributed by atoms with Gasteiger partial charge in [-0.15, -0.1) is 0 Å². The van der Waals surface area contributed by atoms with Gasteiger partial charge in [-0.2, -0.15) is 0 Å². The SMILES string of the molecule is CC(C)CCNc1ccnc(C(=O)Nc2cccc(Cl)c2)c1. The van der Waals surface area contributed by atoms with E-state index in [9.17, 15) is 4.79 Å². The molecule has 0 fully saturated rings. The second-order valence-corrected chi connectivity index (χ2v) is 5.94. The smallest absolute Gasteiger partial charge is 0.274 e. The van der Waals surface area contributed by atoms with Gasteiger partial charge in [-0.25, -0.2) is 0 Å². The maximum atomic E-state index is 12.2. The lowest BCUT2D eigenvalue weighted by atomic mass is 10.1. The summed E-state index contributed by atoms with van der Waals surface area (Å²) >= 11 is 5.91. The third-order valence-electron chi connectivity index (χ3n) is 3.13. The molecule has 0 aliphatic rings. The van der Waals surface area contributed by atoms with E-state index in [0.29, 0.717) is 22.3 Å². The number of hydrogen-bond acceptors (Lipinski definition) is 3. The van der Waals surface area contributed by atoms with Crippen LogP contribution in [-0.4, -0.2) is 17.4 Å². The summed E-state index contributed by atoms with van der Waals surface area (Å²) in [6.07, 6.45) is 2.71. The first-order chi connectivity index (χ1) is 10.5. The van der Waals surface area contributed by atoms with Crippen molar-refractivity contribution in [1.29, 1.82) is 0 Å². The predicted octanol–water partition coefficient (Wildman–Crippen LogP) is 4.45. The molecule has 0 bridgehead atoms. The second-order valence-electron chi connectivity index (χ2n) is 5.50. The first-order valence-electron chi connectivity index (χ1n) is 7.31. The number of carbonyl (C=O) groups excluding carboxylic acids is 1. The van der Waals surface area contributed by atoms with Crippen LogP contribution in [0.3, 0.4) is 0 Å². The summed E-state index contributed by atoms with van der Waals surface area (Å²) in [5, 5.41) is 6.67. The molecule has 0 aliphatic heterocycles. The van der Waals surface area contributed by atoms with E-state index in [1.165, 1.54) is 0 Å². The van der Waals surface area contributed by atoms with Crippen LogP contribution in [0, 0.1) is 5.92 Å². The van der Waals surface area contributed by atoms with Crippen molar-refractivity contribution < 1.29 is 4.79 Å². The number of anilines is 2. The highest BCUT2D eigenvalue weighted by Gasteiger charge is 2.08. The Labute approximate surface area is 135 Å². The number of benzene rings is 1. The van der Waals surface area contributed by atoms with E-state index in [2.05, 4.69) is 29.5 Å². The number of halogens is 1. The number of pyridine rings is 1. The standard InChI is InChI=1S/C17H20ClN3O/c1-12(2)6-8-19-14-7-9-20-16(11-14)17(22)21-15-5-3-4-13(18)10-15/h3-5,7,9-12H,6,8H2,1-2H3,(H,19,20)(H,21,22). The van der Waals surface area contributed by atoms with Crippen LogP contribution in [0.15, 0.2) is 42.6 Å². The average Bonchev–Trinajstić information content (AvgIpc) is 2.47. The molecule has 0 atom stereocenters. The van der Waals surface area contributed by atoms with Crippen molar-refractivity contribution in [3.8, 4) is 0 Å². The number of hydrogen-bond donors (Lipinski definition) is 2. The minimum atomic E-state index is -0.255. The molecule has 22 heavy (non-hydrogen) atoms. The summed E-state index contributed by atoms with van der Waals surface area (Å²) < 4.78 is 0. The molecule has 1 heterocycles. The Balaban J connectivity index is 2.00. The quantitative estimate of drug-likeness (QED) is 0.827. The molecule has 0 aliphatic carbocycles. The highest BCUT2D eigenvalue weighted by atomic mass is 35.5. The molecular formula is C17H20ClN3O.